The monoisotopic (exact) mass is 469 g/mol. The Morgan fingerprint density at radius 1 is 1.12 bits per heavy atom. The van der Waals surface area contributed by atoms with Crippen molar-refractivity contribution in [2.75, 3.05) is 6.61 Å². The van der Waals surface area contributed by atoms with Gasteiger partial charge in [0.2, 0.25) is 0 Å². The average Bonchev–Trinajstić information content (AvgIpc) is 2.77. The van der Waals surface area contributed by atoms with Gasteiger partial charge in [-0.25, -0.2) is 0 Å². The van der Waals surface area contributed by atoms with E-state index in [2.05, 4.69) is 31.3 Å². The predicted molar refractivity (Wildman–Crippen MR) is 124 cm³/mol. The lowest BCUT2D eigenvalue weighted by Crippen LogP contribution is -2.80. The molecule has 3 fully saturated rings. The molecule has 0 aromatic heterocycles. The van der Waals surface area contributed by atoms with Gasteiger partial charge in [0.05, 0.1) is 17.4 Å². The van der Waals surface area contributed by atoms with Crippen molar-refractivity contribution in [2.24, 2.45) is 11.3 Å². The molecular weight excluding hydrogens is 438 g/mol. The van der Waals surface area contributed by atoms with Crippen LogP contribution in [-0.2, 0) is 35.7 Å². The number of ether oxygens (including phenoxy) is 1. The second-order valence-electron chi connectivity index (χ2n) is 10.1. The summed E-state index contributed by atoms with van der Waals surface area (Å²) in [6.45, 7) is 8.26. The van der Waals surface area contributed by atoms with Gasteiger partial charge in [-0.1, -0.05) is 55.8 Å². The molecule has 1 N–H and O–H groups in total. The fourth-order valence-electron chi connectivity index (χ4n) is 6.52. The van der Waals surface area contributed by atoms with E-state index in [1.54, 1.807) is 31.2 Å². The first kappa shape index (κ1) is 22.6. The van der Waals surface area contributed by atoms with Crippen LogP contribution >= 0.6 is 0 Å². The van der Waals surface area contributed by atoms with Crippen LogP contribution in [0.25, 0.3) is 0 Å². The Bertz CT molecular complexity index is 1190. The maximum Gasteiger partial charge on any atom is 0.310 e. The number of rotatable bonds is 5. The van der Waals surface area contributed by atoms with Crippen LogP contribution in [0.3, 0.4) is 0 Å². The van der Waals surface area contributed by atoms with E-state index in [4.69, 9.17) is 8.92 Å². The molecule has 33 heavy (non-hydrogen) atoms. The molecule has 6 unspecified atom stereocenters. The maximum atomic E-state index is 13.4. The van der Waals surface area contributed by atoms with Gasteiger partial charge < -0.3 is 10.1 Å². The molecule has 2 saturated heterocycles. The fourth-order valence-corrected chi connectivity index (χ4v) is 7.68. The zero-order valence-corrected chi connectivity index (χ0v) is 20.3. The SMILES string of the molecule is CCOC(=O)C1CC2(C)C3Cc4ccccc4C2(C)C(OS(=O)(=O)c2ccc(C)cc2)C1N3. The molecule has 0 amide bonds. The lowest BCUT2D eigenvalue weighted by atomic mass is 9.42. The summed E-state index contributed by atoms with van der Waals surface area (Å²) in [4.78, 5) is 13.1. The topological polar surface area (TPSA) is 81.7 Å². The van der Waals surface area contributed by atoms with Gasteiger partial charge in [0.25, 0.3) is 10.1 Å². The van der Waals surface area contributed by atoms with Crippen molar-refractivity contribution >= 4 is 16.1 Å². The molecule has 2 aliphatic carbocycles. The van der Waals surface area contributed by atoms with E-state index in [9.17, 15) is 13.2 Å². The van der Waals surface area contributed by atoms with Crippen LogP contribution in [-0.4, -0.2) is 39.2 Å². The number of carbonyl (C=O) groups is 1. The molecule has 2 aliphatic heterocycles. The molecule has 176 valence electrons. The summed E-state index contributed by atoms with van der Waals surface area (Å²) < 4.78 is 38.4. The zero-order chi connectivity index (χ0) is 23.6. The maximum absolute atomic E-state index is 13.4. The highest BCUT2D eigenvalue weighted by Gasteiger charge is 2.70. The van der Waals surface area contributed by atoms with Gasteiger partial charge >= 0.3 is 5.97 Å². The Labute approximate surface area is 195 Å². The zero-order valence-electron chi connectivity index (χ0n) is 19.5. The molecule has 4 bridgehead atoms. The number of piperidine rings is 2. The Morgan fingerprint density at radius 3 is 2.52 bits per heavy atom. The third-order valence-corrected chi connectivity index (χ3v) is 9.76. The quantitative estimate of drug-likeness (QED) is 0.533. The fraction of sp³-hybridized carbons (Fsp3) is 0.500. The summed E-state index contributed by atoms with van der Waals surface area (Å²) in [5.74, 6) is -0.764. The summed E-state index contributed by atoms with van der Waals surface area (Å²) >= 11 is 0. The Morgan fingerprint density at radius 2 is 1.82 bits per heavy atom. The summed E-state index contributed by atoms with van der Waals surface area (Å²) in [6, 6.07) is 14.5. The second-order valence-corrected chi connectivity index (χ2v) is 11.6. The molecule has 2 heterocycles. The number of carbonyl (C=O) groups excluding carboxylic acids is 1. The van der Waals surface area contributed by atoms with Gasteiger partial charge in [0.1, 0.15) is 6.10 Å². The second kappa shape index (κ2) is 7.65. The number of aryl methyl sites for hydroxylation is 1. The van der Waals surface area contributed by atoms with Crippen LogP contribution in [0.5, 0.6) is 0 Å². The molecule has 6 nitrogen and oxygen atoms in total. The van der Waals surface area contributed by atoms with Gasteiger partial charge in [-0.15, -0.1) is 0 Å². The normalized spacial score (nSPS) is 34.5. The van der Waals surface area contributed by atoms with Crippen molar-refractivity contribution in [3.63, 3.8) is 0 Å². The van der Waals surface area contributed by atoms with Crippen molar-refractivity contribution in [1.82, 2.24) is 5.32 Å². The van der Waals surface area contributed by atoms with E-state index in [0.29, 0.717) is 6.42 Å². The summed E-state index contributed by atoms with van der Waals surface area (Å²) in [5.41, 5.74) is 2.30. The third kappa shape index (κ3) is 3.20. The lowest BCUT2D eigenvalue weighted by molar-refractivity contribution is -0.176. The minimum atomic E-state index is -4.06. The highest BCUT2D eigenvalue weighted by atomic mass is 32.2. The lowest BCUT2D eigenvalue weighted by Gasteiger charge is -2.68. The van der Waals surface area contributed by atoms with E-state index >= 15 is 0 Å². The average molecular weight is 470 g/mol. The minimum absolute atomic E-state index is 0.120. The number of benzene rings is 2. The van der Waals surface area contributed by atoms with Crippen molar-refractivity contribution < 1.29 is 22.1 Å². The number of hydrogen-bond acceptors (Lipinski definition) is 6. The summed E-state index contributed by atoms with van der Waals surface area (Å²) in [6.07, 6.45) is 0.712. The van der Waals surface area contributed by atoms with Crippen LogP contribution in [0.2, 0.25) is 0 Å². The first-order valence-corrected chi connectivity index (χ1v) is 13.0. The van der Waals surface area contributed by atoms with E-state index < -0.39 is 33.6 Å². The van der Waals surface area contributed by atoms with E-state index in [-0.39, 0.29) is 28.9 Å². The third-order valence-electron chi connectivity index (χ3n) is 8.45. The minimum Gasteiger partial charge on any atom is -0.466 e. The smallest absolute Gasteiger partial charge is 0.310 e. The molecule has 0 spiro atoms. The van der Waals surface area contributed by atoms with E-state index in [0.717, 1.165) is 17.5 Å². The molecule has 4 aliphatic rings. The van der Waals surface area contributed by atoms with Gasteiger partial charge in [0.15, 0.2) is 0 Å². The van der Waals surface area contributed by atoms with E-state index in [1.807, 2.05) is 19.1 Å². The van der Waals surface area contributed by atoms with Crippen LogP contribution < -0.4 is 5.32 Å². The molecule has 2 aromatic rings. The predicted octanol–water partition coefficient (Wildman–Crippen LogP) is 3.51. The summed E-state index contributed by atoms with van der Waals surface area (Å²) in [7, 11) is -4.06. The van der Waals surface area contributed by atoms with Crippen LogP contribution in [0.4, 0.5) is 0 Å². The van der Waals surface area contributed by atoms with Crippen LogP contribution in [0.1, 0.15) is 43.9 Å². The first-order chi connectivity index (χ1) is 15.6. The molecule has 0 radical (unpaired) electrons. The number of esters is 1. The molecule has 1 saturated carbocycles. The van der Waals surface area contributed by atoms with Gasteiger partial charge in [-0.05, 0) is 55.4 Å². The van der Waals surface area contributed by atoms with E-state index in [1.165, 1.54) is 5.56 Å². The largest absolute Gasteiger partial charge is 0.466 e. The Balaban J connectivity index is 1.64. The Kier molecular flexibility index (Phi) is 5.23. The van der Waals surface area contributed by atoms with Crippen molar-refractivity contribution in [2.45, 2.75) is 69.0 Å². The molecule has 6 atom stereocenters. The standard InChI is InChI=1S/C26H31NO5S/c1-5-31-24(28)19-15-25(3)21-14-17-8-6-7-9-20(17)26(25,4)23(22(19)27-21)32-33(29,30)18-12-10-16(2)11-13-18/h6-13,19,21-23,27H,5,14-15H2,1-4H3. The molecule has 2 aromatic carbocycles. The number of nitrogens with one attached hydrogen (secondary N) is 1. The van der Waals surface area contributed by atoms with Gasteiger partial charge in [-0.2, -0.15) is 8.42 Å². The summed E-state index contributed by atoms with van der Waals surface area (Å²) in [5, 5.41) is 3.62. The highest BCUT2D eigenvalue weighted by molar-refractivity contribution is 7.86. The van der Waals surface area contributed by atoms with Crippen LogP contribution in [0, 0.1) is 18.3 Å². The van der Waals surface area contributed by atoms with Crippen LogP contribution in [0.15, 0.2) is 53.4 Å². The molecule has 6 rings (SSSR count). The molecule has 7 heteroatoms. The Hall–Kier alpha value is -2.22. The number of hydrogen-bond donors (Lipinski definition) is 1. The first-order valence-electron chi connectivity index (χ1n) is 11.6. The van der Waals surface area contributed by atoms with Crippen molar-refractivity contribution in [1.29, 1.82) is 0 Å². The molecular formula is C26H31NO5S. The van der Waals surface area contributed by atoms with Gasteiger partial charge in [0, 0.05) is 17.5 Å². The van der Waals surface area contributed by atoms with Crippen molar-refractivity contribution in [3.8, 4) is 0 Å². The van der Waals surface area contributed by atoms with Gasteiger partial charge in [-0.3, -0.25) is 8.98 Å². The number of fused-ring (bicyclic) bond motifs is 2. The van der Waals surface area contributed by atoms with Crippen molar-refractivity contribution in [3.05, 3.63) is 65.2 Å². The highest BCUT2D eigenvalue weighted by Crippen LogP contribution is 2.63.